The highest BCUT2D eigenvalue weighted by molar-refractivity contribution is 5.85. The zero-order chi connectivity index (χ0) is 15.5. The molecule has 2 N–H and O–H groups in total. The minimum Gasteiger partial charge on any atom is -0.497 e. The third kappa shape index (κ3) is 2.60. The zero-order valence-electron chi connectivity index (χ0n) is 13.2. The average Bonchev–Trinajstić information content (AvgIpc) is 2.56. The van der Waals surface area contributed by atoms with Gasteiger partial charge in [-0.15, -0.1) is 0 Å². The monoisotopic (exact) mass is 294 g/mol. The zero-order valence-corrected chi connectivity index (χ0v) is 13.2. The van der Waals surface area contributed by atoms with Crippen LogP contribution in [0.15, 0.2) is 54.2 Å². The number of benzene rings is 2. The molecule has 1 aliphatic heterocycles. The number of fused-ring (bicyclic) bond motifs is 1. The van der Waals surface area contributed by atoms with Crippen molar-refractivity contribution in [2.75, 3.05) is 20.7 Å². The van der Waals surface area contributed by atoms with Crippen molar-refractivity contribution in [3.8, 4) is 5.75 Å². The lowest BCUT2D eigenvalue weighted by Gasteiger charge is -2.33. The third-order valence-corrected chi connectivity index (χ3v) is 4.19. The van der Waals surface area contributed by atoms with Gasteiger partial charge in [0.15, 0.2) is 0 Å². The predicted molar refractivity (Wildman–Crippen MR) is 90.6 cm³/mol. The quantitative estimate of drug-likeness (QED) is 0.940. The molecule has 0 amide bonds. The van der Waals surface area contributed by atoms with Gasteiger partial charge in [-0.3, -0.25) is 0 Å². The Balaban J connectivity index is 2.24. The van der Waals surface area contributed by atoms with Crippen LogP contribution in [0.5, 0.6) is 5.75 Å². The Hall–Kier alpha value is -2.26. The maximum Gasteiger partial charge on any atom is 0.119 e. The number of hydrogen-bond donors (Lipinski definition) is 1. The number of methoxy groups -OCH3 is 1. The van der Waals surface area contributed by atoms with Crippen molar-refractivity contribution >= 4 is 5.57 Å². The van der Waals surface area contributed by atoms with Gasteiger partial charge in [0, 0.05) is 31.3 Å². The molecular weight excluding hydrogens is 272 g/mol. The Kier molecular flexibility index (Phi) is 4.16. The highest BCUT2D eigenvalue weighted by Gasteiger charge is 2.23. The smallest absolute Gasteiger partial charge is 0.119 e. The minimum atomic E-state index is 0.648. The summed E-state index contributed by atoms with van der Waals surface area (Å²) in [7, 11) is 3.85. The van der Waals surface area contributed by atoms with Crippen LogP contribution < -0.4 is 10.5 Å². The van der Waals surface area contributed by atoms with E-state index in [0.717, 1.165) is 18.7 Å². The van der Waals surface area contributed by atoms with E-state index in [2.05, 4.69) is 48.3 Å². The van der Waals surface area contributed by atoms with Crippen molar-refractivity contribution in [2.45, 2.75) is 13.0 Å². The van der Waals surface area contributed by atoms with Gasteiger partial charge in [-0.05, 0) is 35.4 Å². The lowest BCUT2D eigenvalue weighted by molar-refractivity contribution is 0.389. The Bertz CT molecular complexity index is 692. The lowest BCUT2D eigenvalue weighted by Crippen LogP contribution is -2.26. The van der Waals surface area contributed by atoms with E-state index < -0.39 is 0 Å². The van der Waals surface area contributed by atoms with Crippen molar-refractivity contribution in [3.05, 3.63) is 70.9 Å². The van der Waals surface area contributed by atoms with Crippen LogP contribution in [-0.4, -0.2) is 25.6 Å². The summed E-state index contributed by atoms with van der Waals surface area (Å²) in [6, 6.07) is 16.9. The van der Waals surface area contributed by atoms with Crippen molar-refractivity contribution in [3.63, 3.8) is 0 Å². The first-order valence-corrected chi connectivity index (χ1v) is 7.61. The Morgan fingerprint density at radius 2 is 1.91 bits per heavy atom. The summed E-state index contributed by atoms with van der Waals surface area (Å²) in [4.78, 5) is 2.31. The Labute approximate surface area is 132 Å². The molecule has 22 heavy (non-hydrogen) atoms. The number of ether oxygens (including phenoxy) is 1. The second kappa shape index (κ2) is 6.24. The van der Waals surface area contributed by atoms with Crippen LogP contribution in [0, 0.1) is 0 Å². The highest BCUT2D eigenvalue weighted by atomic mass is 16.5. The molecule has 3 nitrogen and oxygen atoms in total. The van der Waals surface area contributed by atoms with Crippen molar-refractivity contribution in [1.29, 1.82) is 0 Å². The summed E-state index contributed by atoms with van der Waals surface area (Å²) in [5, 5.41) is 0. The third-order valence-electron chi connectivity index (χ3n) is 4.19. The Morgan fingerprint density at radius 1 is 1.14 bits per heavy atom. The average molecular weight is 294 g/mol. The first-order valence-electron chi connectivity index (χ1n) is 7.61. The summed E-state index contributed by atoms with van der Waals surface area (Å²) in [6.07, 6.45) is 0.872. The number of hydrogen-bond acceptors (Lipinski definition) is 3. The van der Waals surface area contributed by atoms with Crippen LogP contribution >= 0.6 is 0 Å². The molecule has 3 heteroatoms. The van der Waals surface area contributed by atoms with Crippen LogP contribution in [-0.2, 0) is 6.54 Å². The molecule has 0 aliphatic carbocycles. The minimum absolute atomic E-state index is 0.648. The molecule has 2 aromatic carbocycles. The molecule has 114 valence electrons. The van der Waals surface area contributed by atoms with Crippen LogP contribution in [0.25, 0.3) is 5.57 Å². The fraction of sp³-hybridized carbons (Fsp3) is 0.263. The van der Waals surface area contributed by atoms with Gasteiger partial charge in [-0.2, -0.15) is 0 Å². The lowest BCUT2D eigenvalue weighted by atomic mass is 9.87. The van der Waals surface area contributed by atoms with Crippen LogP contribution in [0.2, 0.25) is 0 Å². The normalized spacial score (nSPS) is 14.0. The van der Waals surface area contributed by atoms with Crippen LogP contribution in [0.4, 0.5) is 0 Å². The van der Waals surface area contributed by atoms with E-state index in [1.807, 2.05) is 12.1 Å². The van der Waals surface area contributed by atoms with Crippen molar-refractivity contribution in [2.24, 2.45) is 5.73 Å². The van der Waals surface area contributed by atoms with Gasteiger partial charge in [-0.25, -0.2) is 0 Å². The number of rotatable bonds is 4. The molecule has 0 fully saturated rings. The standard InChI is InChI=1S/C19H22N2O/c1-21-13-15-8-9-16(22-2)12-17(15)19(18(21)10-11-20)14-6-4-3-5-7-14/h3-9,12H,10-11,13,20H2,1-2H3. The molecule has 3 rings (SSSR count). The first-order chi connectivity index (χ1) is 10.7. The first kappa shape index (κ1) is 14.7. The van der Waals surface area contributed by atoms with E-state index in [0.29, 0.717) is 6.54 Å². The molecule has 0 radical (unpaired) electrons. The van der Waals surface area contributed by atoms with Gasteiger partial charge in [0.2, 0.25) is 0 Å². The molecule has 0 atom stereocenters. The summed E-state index contributed by atoms with van der Waals surface area (Å²) >= 11 is 0. The molecule has 2 aromatic rings. The van der Waals surface area contributed by atoms with E-state index in [9.17, 15) is 0 Å². The largest absolute Gasteiger partial charge is 0.497 e. The second-order valence-corrected chi connectivity index (χ2v) is 5.61. The molecular formula is C19H22N2O. The van der Waals surface area contributed by atoms with Gasteiger partial charge in [0.05, 0.1) is 7.11 Å². The van der Waals surface area contributed by atoms with E-state index in [-0.39, 0.29) is 0 Å². The van der Waals surface area contributed by atoms with Crippen molar-refractivity contribution < 1.29 is 4.74 Å². The van der Waals surface area contributed by atoms with E-state index in [4.69, 9.17) is 10.5 Å². The highest BCUT2D eigenvalue weighted by Crippen LogP contribution is 2.38. The van der Waals surface area contributed by atoms with E-state index in [1.54, 1.807) is 7.11 Å². The molecule has 0 bridgehead atoms. The fourth-order valence-electron chi connectivity index (χ4n) is 3.13. The molecule has 1 heterocycles. The van der Waals surface area contributed by atoms with E-state index in [1.165, 1.54) is 28.0 Å². The van der Waals surface area contributed by atoms with E-state index >= 15 is 0 Å². The molecule has 0 spiro atoms. The van der Waals surface area contributed by atoms with Gasteiger partial charge < -0.3 is 15.4 Å². The van der Waals surface area contributed by atoms with Gasteiger partial charge >= 0.3 is 0 Å². The van der Waals surface area contributed by atoms with Gasteiger partial charge in [-0.1, -0.05) is 36.4 Å². The van der Waals surface area contributed by atoms with Crippen LogP contribution in [0.1, 0.15) is 23.1 Å². The van der Waals surface area contributed by atoms with Crippen molar-refractivity contribution in [1.82, 2.24) is 4.90 Å². The summed E-state index contributed by atoms with van der Waals surface area (Å²) in [6.45, 7) is 1.56. The SMILES string of the molecule is COc1ccc2c(c1)C(c1ccccc1)=C(CCN)N(C)C2. The topological polar surface area (TPSA) is 38.5 Å². The van der Waals surface area contributed by atoms with Gasteiger partial charge in [0.25, 0.3) is 0 Å². The summed E-state index contributed by atoms with van der Waals surface area (Å²) < 4.78 is 5.43. The predicted octanol–water partition coefficient (Wildman–Crippen LogP) is 3.25. The molecule has 1 aliphatic rings. The Morgan fingerprint density at radius 3 is 2.59 bits per heavy atom. The van der Waals surface area contributed by atoms with Gasteiger partial charge in [0.1, 0.15) is 5.75 Å². The molecule has 0 unspecified atom stereocenters. The molecule has 0 aromatic heterocycles. The summed E-state index contributed by atoms with van der Waals surface area (Å²) in [5.41, 5.74) is 12.2. The number of nitrogens with two attached hydrogens (primary N) is 1. The molecule has 0 saturated carbocycles. The number of nitrogens with zero attached hydrogens (tertiary/aromatic N) is 1. The maximum absolute atomic E-state index is 5.85. The fourth-order valence-corrected chi connectivity index (χ4v) is 3.13. The van der Waals surface area contributed by atoms with Crippen LogP contribution in [0.3, 0.4) is 0 Å². The maximum atomic E-state index is 5.85. The molecule has 0 saturated heterocycles. The summed E-state index contributed by atoms with van der Waals surface area (Å²) in [5.74, 6) is 0.892. The second-order valence-electron chi connectivity index (χ2n) is 5.61.